The van der Waals surface area contributed by atoms with Gasteiger partial charge in [-0.05, 0) is 37.1 Å². The minimum Gasteiger partial charge on any atom is -0.469 e. The molecule has 0 saturated carbocycles. The molecule has 0 spiro atoms. The van der Waals surface area contributed by atoms with Gasteiger partial charge in [0.15, 0.2) is 0 Å². The highest BCUT2D eigenvalue weighted by Crippen LogP contribution is 2.19. The zero-order valence-electron chi connectivity index (χ0n) is 13.6. The average molecular weight is 336 g/mol. The summed E-state index contributed by atoms with van der Waals surface area (Å²) in [7, 11) is 1.36. The van der Waals surface area contributed by atoms with E-state index >= 15 is 0 Å². The van der Waals surface area contributed by atoms with Gasteiger partial charge in [-0.1, -0.05) is 0 Å². The number of hydrogen-bond donors (Lipinski definition) is 1. The fourth-order valence-corrected chi connectivity index (χ4v) is 2.67. The van der Waals surface area contributed by atoms with Crippen LogP contribution in [0, 0.1) is 11.7 Å². The van der Waals surface area contributed by atoms with Crippen molar-refractivity contribution in [1.82, 2.24) is 4.90 Å². The maximum Gasteiger partial charge on any atom is 0.308 e. The molecule has 0 atom stereocenters. The van der Waals surface area contributed by atoms with Gasteiger partial charge in [0.2, 0.25) is 11.8 Å². The molecular formula is C17H21FN2O4. The summed E-state index contributed by atoms with van der Waals surface area (Å²) in [6, 6.07) is 5.44. The standard InChI is InChI=1S/C17H21FN2O4/c1-24-17(23)12-8-10-20(11-9-12)16(22)7-6-15(21)19-14-4-2-13(18)3-5-14/h2-5,12H,6-11H2,1H3,(H,19,21). The number of halogens is 1. The Morgan fingerprint density at radius 1 is 1.17 bits per heavy atom. The topological polar surface area (TPSA) is 75.7 Å². The Morgan fingerprint density at radius 2 is 1.79 bits per heavy atom. The highest BCUT2D eigenvalue weighted by atomic mass is 19.1. The third kappa shape index (κ3) is 5.04. The molecule has 1 aromatic rings. The second kappa shape index (κ2) is 8.42. The largest absolute Gasteiger partial charge is 0.469 e. The number of ether oxygens (including phenoxy) is 1. The van der Waals surface area contributed by atoms with Gasteiger partial charge in [-0.2, -0.15) is 0 Å². The Hall–Kier alpha value is -2.44. The van der Waals surface area contributed by atoms with Crippen LogP contribution in [-0.2, 0) is 19.1 Å². The van der Waals surface area contributed by atoms with Crippen LogP contribution in [0.1, 0.15) is 25.7 Å². The van der Waals surface area contributed by atoms with Gasteiger partial charge in [0, 0.05) is 31.6 Å². The van der Waals surface area contributed by atoms with Gasteiger partial charge in [0.25, 0.3) is 0 Å². The molecule has 0 unspecified atom stereocenters. The van der Waals surface area contributed by atoms with Crippen LogP contribution in [0.3, 0.4) is 0 Å². The van der Waals surface area contributed by atoms with Crippen LogP contribution < -0.4 is 5.32 Å². The van der Waals surface area contributed by atoms with E-state index in [2.05, 4.69) is 5.32 Å². The number of hydrogen-bond acceptors (Lipinski definition) is 4. The van der Waals surface area contributed by atoms with Gasteiger partial charge in [0.05, 0.1) is 13.0 Å². The molecule has 1 saturated heterocycles. The monoisotopic (exact) mass is 336 g/mol. The van der Waals surface area contributed by atoms with Crippen molar-refractivity contribution < 1.29 is 23.5 Å². The Kier molecular flexibility index (Phi) is 6.28. The zero-order chi connectivity index (χ0) is 17.5. The van der Waals surface area contributed by atoms with Crippen molar-refractivity contribution in [1.29, 1.82) is 0 Å². The van der Waals surface area contributed by atoms with Crippen molar-refractivity contribution in [3.63, 3.8) is 0 Å². The van der Waals surface area contributed by atoms with Gasteiger partial charge in [-0.25, -0.2) is 4.39 Å². The van der Waals surface area contributed by atoms with Crippen molar-refractivity contribution in [2.45, 2.75) is 25.7 Å². The van der Waals surface area contributed by atoms with E-state index in [1.807, 2.05) is 0 Å². The quantitative estimate of drug-likeness (QED) is 0.834. The van der Waals surface area contributed by atoms with E-state index in [-0.39, 0.29) is 42.4 Å². The van der Waals surface area contributed by atoms with Crippen LogP contribution in [0.5, 0.6) is 0 Å². The van der Waals surface area contributed by atoms with Crippen molar-refractivity contribution in [2.75, 3.05) is 25.5 Å². The number of piperidine rings is 1. The van der Waals surface area contributed by atoms with E-state index in [0.29, 0.717) is 31.6 Å². The molecule has 0 aliphatic carbocycles. The molecule has 7 heteroatoms. The van der Waals surface area contributed by atoms with Gasteiger partial charge in [-0.3, -0.25) is 14.4 Å². The number of anilines is 1. The normalized spacial score (nSPS) is 15.0. The summed E-state index contributed by atoms with van der Waals surface area (Å²) in [5, 5.41) is 2.62. The Labute approximate surface area is 140 Å². The molecule has 1 fully saturated rings. The van der Waals surface area contributed by atoms with E-state index in [1.54, 1.807) is 4.90 Å². The summed E-state index contributed by atoms with van der Waals surface area (Å²) in [6.45, 7) is 0.996. The molecule has 2 amide bonds. The lowest BCUT2D eigenvalue weighted by Crippen LogP contribution is -2.40. The van der Waals surface area contributed by atoms with E-state index in [1.165, 1.54) is 31.4 Å². The second-order valence-corrected chi connectivity index (χ2v) is 5.73. The highest BCUT2D eigenvalue weighted by Gasteiger charge is 2.27. The van der Waals surface area contributed by atoms with Crippen LogP contribution in [0.25, 0.3) is 0 Å². The van der Waals surface area contributed by atoms with Crippen molar-refractivity contribution in [3.05, 3.63) is 30.1 Å². The first kappa shape index (κ1) is 17.9. The molecule has 130 valence electrons. The van der Waals surface area contributed by atoms with Gasteiger partial charge in [0.1, 0.15) is 5.82 Å². The molecule has 2 rings (SSSR count). The Bertz CT molecular complexity index is 595. The van der Waals surface area contributed by atoms with Crippen molar-refractivity contribution in [3.8, 4) is 0 Å². The average Bonchev–Trinajstić information content (AvgIpc) is 2.61. The summed E-state index contributed by atoms with van der Waals surface area (Å²) < 4.78 is 17.5. The van der Waals surface area contributed by atoms with Gasteiger partial charge in [-0.15, -0.1) is 0 Å². The first-order valence-corrected chi connectivity index (χ1v) is 7.90. The molecule has 1 aromatic carbocycles. The number of carbonyl (C=O) groups excluding carboxylic acids is 3. The Morgan fingerprint density at radius 3 is 2.38 bits per heavy atom. The number of esters is 1. The van der Waals surface area contributed by atoms with E-state index < -0.39 is 0 Å². The summed E-state index contributed by atoms with van der Waals surface area (Å²) in [5.74, 6) is -1.16. The molecule has 0 bridgehead atoms. The van der Waals surface area contributed by atoms with Gasteiger partial charge >= 0.3 is 5.97 Å². The minimum absolute atomic E-state index is 0.0626. The smallest absolute Gasteiger partial charge is 0.308 e. The van der Waals surface area contributed by atoms with E-state index in [0.717, 1.165) is 0 Å². The van der Waals surface area contributed by atoms with Crippen LogP contribution in [0.4, 0.5) is 10.1 Å². The maximum atomic E-state index is 12.8. The SMILES string of the molecule is COC(=O)C1CCN(C(=O)CCC(=O)Nc2ccc(F)cc2)CC1. The predicted molar refractivity (Wildman–Crippen MR) is 85.6 cm³/mol. The van der Waals surface area contributed by atoms with E-state index in [9.17, 15) is 18.8 Å². The molecule has 1 heterocycles. The van der Waals surface area contributed by atoms with E-state index in [4.69, 9.17) is 4.74 Å². The van der Waals surface area contributed by atoms with Gasteiger partial charge < -0.3 is 15.0 Å². The highest BCUT2D eigenvalue weighted by molar-refractivity contribution is 5.93. The van der Waals surface area contributed by atoms with Crippen LogP contribution in [0.15, 0.2) is 24.3 Å². The number of likely N-dealkylation sites (tertiary alicyclic amines) is 1. The number of nitrogens with zero attached hydrogens (tertiary/aromatic N) is 1. The minimum atomic E-state index is -0.376. The lowest BCUT2D eigenvalue weighted by molar-refractivity contribution is -0.148. The third-order valence-corrected chi connectivity index (χ3v) is 4.08. The predicted octanol–water partition coefficient (Wildman–Crippen LogP) is 1.96. The third-order valence-electron chi connectivity index (χ3n) is 4.08. The fraction of sp³-hybridized carbons (Fsp3) is 0.471. The molecule has 0 aromatic heterocycles. The molecule has 6 nitrogen and oxygen atoms in total. The molecule has 1 N–H and O–H groups in total. The summed E-state index contributed by atoms with van der Waals surface area (Å²) in [6.07, 6.45) is 1.34. The number of benzene rings is 1. The van der Waals surface area contributed by atoms with Crippen LogP contribution in [0.2, 0.25) is 0 Å². The number of nitrogens with one attached hydrogen (secondary N) is 1. The molecular weight excluding hydrogens is 315 g/mol. The lowest BCUT2D eigenvalue weighted by Gasteiger charge is -2.30. The maximum absolute atomic E-state index is 12.8. The first-order chi connectivity index (χ1) is 11.5. The molecule has 1 aliphatic heterocycles. The fourth-order valence-electron chi connectivity index (χ4n) is 2.67. The summed E-state index contributed by atoms with van der Waals surface area (Å²) in [5.41, 5.74) is 0.493. The van der Waals surface area contributed by atoms with Crippen molar-refractivity contribution in [2.24, 2.45) is 5.92 Å². The lowest BCUT2D eigenvalue weighted by atomic mass is 9.97. The second-order valence-electron chi connectivity index (χ2n) is 5.73. The summed E-state index contributed by atoms with van der Waals surface area (Å²) in [4.78, 5) is 37.1. The first-order valence-electron chi connectivity index (χ1n) is 7.90. The molecule has 24 heavy (non-hydrogen) atoms. The van der Waals surface area contributed by atoms with Crippen LogP contribution >= 0.6 is 0 Å². The number of rotatable bonds is 5. The number of methoxy groups -OCH3 is 1. The zero-order valence-corrected chi connectivity index (χ0v) is 13.6. The Balaban J connectivity index is 1.72. The summed E-state index contributed by atoms with van der Waals surface area (Å²) >= 11 is 0. The van der Waals surface area contributed by atoms with Crippen LogP contribution in [-0.4, -0.2) is 42.9 Å². The van der Waals surface area contributed by atoms with Crippen molar-refractivity contribution >= 4 is 23.5 Å². The number of carbonyl (C=O) groups is 3. The molecule has 0 radical (unpaired) electrons. The molecule has 1 aliphatic rings. The number of amides is 2.